The highest BCUT2D eigenvalue weighted by atomic mass is 19.3. The third-order valence-corrected chi connectivity index (χ3v) is 4.04. The largest absolute Gasteiger partial charge is 0.381 e. The number of halogens is 2. The van der Waals surface area contributed by atoms with Gasteiger partial charge in [-0.15, -0.1) is 0 Å². The summed E-state index contributed by atoms with van der Waals surface area (Å²) in [5.74, 6) is 1.56. The predicted molar refractivity (Wildman–Crippen MR) is 64.9 cm³/mol. The Labute approximate surface area is 107 Å². The van der Waals surface area contributed by atoms with Crippen LogP contribution >= 0.6 is 0 Å². The van der Waals surface area contributed by atoms with Crippen molar-refractivity contribution in [3.63, 3.8) is 0 Å². The zero-order chi connectivity index (χ0) is 12.8. The molecule has 3 nitrogen and oxygen atoms in total. The first-order chi connectivity index (χ1) is 8.75. The molecule has 0 spiro atoms. The molecule has 0 aromatic carbocycles. The molecule has 0 aromatic rings. The van der Waals surface area contributed by atoms with Crippen LogP contribution in [0.5, 0.6) is 0 Å². The van der Waals surface area contributed by atoms with Crippen LogP contribution in [0.4, 0.5) is 8.78 Å². The number of hydrogen-bond acceptors (Lipinski definition) is 3. The first kappa shape index (κ1) is 14.2. The maximum atomic E-state index is 11.9. The second-order valence-corrected chi connectivity index (χ2v) is 5.27. The molecule has 2 rings (SSSR count). The average molecular weight is 263 g/mol. The number of rotatable bonds is 6. The number of hydrogen-bond donors (Lipinski definition) is 0. The Morgan fingerprint density at radius 2 is 1.94 bits per heavy atom. The van der Waals surface area contributed by atoms with Crippen molar-refractivity contribution in [2.24, 2.45) is 11.8 Å². The Morgan fingerprint density at radius 1 is 1.17 bits per heavy atom. The van der Waals surface area contributed by atoms with E-state index in [1.165, 1.54) is 19.3 Å². The van der Waals surface area contributed by atoms with Gasteiger partial charge in [-0.2, -0.15) is 0 Å². The fraction of sp³-hybridized carbons (Fsp3) is 1.00. The van der Waals surface area contributed by atoms with E-state index in [4.69, 9.17) is 9.47 Å². The molecule has 2 fully saturated rings. The molecule has 0 bridgehead atoms. The molecule has 0 radical (unpaired) electrons. The fourth-order valence-electron chi connectivity index (χ4n) is 3.00. The summed E-state index contributed by atoms with van der Waals surface area (Å²) in [7, 11) is 0. The van der Waals surface area contributed by atoms with E-state index in [1.807, 2.05) is 0 Å². The van der Waals surface area contributed by atoms with Gasteiger partial charge in [0, 0.05) is 26.3 Å². The summed E-state index contributed by atoms with van der Waals surface area (Å²) in [4.78, 5) is 2.34. The molecule has 5 heteroatoms. The van der Waals surface area contributed by atoms with Gasteiger partial charge in [-0.05, 0) is 37.6 Å². The van der Waals surface area contributed by atoms with Gasteiger partial charge in [-0.1, -0.05) is 0 Å². The highest BCUT2D eigenvalue weighted by molar-refractivity contribution is 4.82. The molecule has 0 amide bonds. The lowest BCUT2D eigenvalue weighted by atomic mass is 9.85. The van der Waals surface area contributed by atoms with Gasteiger partial charge in [0.1, 0.15) is 6.61 Å². The Hall–Kier alpha value is -0.260. The Kier molecular flexibility index (Phi) is 5.79. The molecule has 1 atom stereocenters. The maximum absolute atomic E-state index is 11.9. The predicted octanol–water partition coefficient (Wildman–Crippen LogP) is 2.02. The van der Waals surface area contributed by atoms with E-state index in [9.17, 15) is 8.78 Å². The molecule has 2 aliphatic heterocycles. The molecule has 18 heavy (non-hydrogen) atoms. The molecular weight excluding hydrogens is 240 g/mol. The summed E-state index contributed by atoms with van der Waals surface area (Å²) >= 11 is 0. The van der Waals surface area contributed by atoms with Gasteiger partial charge in [0.2, 0.25) is 0 Å². The van der Waals surface area contributed by atoms with Crippen LogP contribution in [0.25, 0.3) is 0 Å². The Bertz CT molecular complexity index is 235. The van der Waals surface area contributed by atoms with Crippen LogP contribution in [0.3, 0.4) is 0 Å². The van der Waals surface area contributed by atoms with Crippen LogP contribution in [0.15, 0.2) is 0 Å². The number of nitrogens with zero attached hydrogens (tertiary/aromatic N) is 1. The van der Waals surface area contributed by atoms with Crippen LogP contribution in [0.1, 0.15) is 19.3 Å². The minimum atomic E-state index is -2.35. The van der Waals surface area contributed by atoms with Crippen molar-refractivity contribution >= 4 is 0 Å². The standard InChI is InChI=1S/C13H23F2NO2/c14-13(15)10-18-8-5-16-4-1-12(9-16)11-2-6-17-7-3-11/h11-13H,1-10H2. The van der Waals surface area contributed by atoms with E-state index in [0.29, 0.717) is 6.61 Å². The summed E-state index contributed by atoms with van der Waals surface area (Å²) in [5.41, 5.74) is 0. The Balaban J connectivity index is 1.59. The van der Waals surface area contributed by atoms with E-state index < -0.39 is 13.0 Å². The van der Waals surface area contributed by atoms with Gasteiger partial charge < -0.3 is 14.4 Å². The van der Waals surface area contributed by atoms with Crippen molar-refractivity contribution in [1.29, 1.82) is 0 Å². The van der Waals surface area contributed by atoms with E-state index in [2.05, 4.69) is 4.90 Å². The molecule has 106 valence electrons. The third kappa shape index (κ3) is 4.44. The van der Waals surface area contributed by atoms with Gasteiger partial charge in [-0.3, -0.25) is 0 Å². The van der Waals surface area contributed by atoms with Crippen molar-refractivity contribution in [1.82, 2.24) is 4.90 Å². The molecule has 0 N–H and O–H groups in total. The van der Waals surface area contributed by atoms with Crippen LogP contribution in [-0.4, -0.2) is 57.4 Å². The highest BCUT2D eigenvalue weighted by Gasteiger charge is 2.30. The van der Waals surface area contributed by atoms with E-state index in [0.717, 1.165) is 44.7 Å². The molecule has 0 aromatic heterocycles. The second-order valence-electron chi connectivity index (χ2n) is 5.27. The quantitative estimate of drug-likeness (QED) is 0.684. The molecular formula is C13H23F2NO2. The van der Waals surface area contributed by atoms with Gasteiger partial charge in [0.15, 0.2) is 0 Å². The minimum Gasteiger partial charge on any atom is -0.381 e. The van der Waals surface area contributed by atoms with Gasteiger partial charge in [-0.25, -0.2) is 8.78 Å². The summed E-state index contributed by atoms with van der Waals surface area (Å²) in [6.07, 6.45) is 1.25. The Morgan fingerprint density at radius 3 is 2.67 bits per heavy atom. The first-order valence-electron chi connectivity index (χ1n) is 6.91. The zero-order valence-corrected chi connectivity index (χ0v) is 10.8. The topological polar surface area (TPSA) is 21.7 Å². The van der Waals surface area contributed by atoms with E-state index in [-0.39, 0.29) is 0 Å². The molecule has 2 aliphatic rings. The third-order valence-electron chi connectivity index (χ3n) is 4.04. The monoisotopic (exact) mass is 263 g/mol. The zero-order valence-electron chi connectivity index (χ0n) is 10.8. The van der Waals surface area contributed by atoms with Crippen LogP contribution in [0, 0.1) is 11.8 Å². The van der Waals surface area contributed by atoms with Crippen LogP contribution in [0.2, 0.25) is 0 Å². The van der Waals surface area contributed by atoms with E-state index >= 15 is 0 Å². The van der Waals surface area contributed by atoms with Crippen molar-refractivity contribution in [3.8, 4) is 0 Å². The normalized spacial score (nSPS) is 27.2. The number of ether oxygens (including phenoxy) is 2. The highest BCUT2D eigenvalue weighted by Crippen LogP contribution is 2.30. The van der Waals surface area contributed by atoms with Crippen molar-refractivity contribution in [3.05, 3.63) is 0 Å². The maximum Gasteiger partial charge on any atom is 0.261 e. The SMILES string of the molecule is FC(F)COCCN1CCC(C2CCOCC2)C1. The van der Waals surface area contributed by atoms with Gasteiger partial charge in [0.25, 0.3) is 6.43 Å². The molecule has 2 saturated heterocycles. The van der Waals surface area contributed by atoms with Crippen LogP contribution in [-0.2, 0) is 9.47 Å². The number of likely N-dealkylation sites (tertiary alicyclic amines) is 1. The van der Waals surface area contributed by atoms with E-state index in [1.54, 1.807) is 0 Å². The summed E-state index contributed by atoms with van der Waals surface area (Å²) in [6.45, 7) is 4.76. The molecule has 2 heterocycles. The van der Waals surface area contributed by atoms with Crippen molar-refractivity contribution < 1.29 is 18.3 Å². The summed E-state index contributed by atoms with van der Waals surface area (Å²) in [6, 6.07) is 0. The molecule has 0 aliphatic carbocycles. The summed E-state index contributed by atoms with van der Waals surface area (Å²) < 4.78 is 34.1. The lowest BCUT2D eigenvalue weighted by Gasteiger charge is -2.27. The molecule has 1 unspecified atom stereocenters. The van der Waals surface area contributed by atoms with Gasteiger partial charge >= 0.3 is 0 Å². The second kappa shape index (κ2) is 7.36. The smallest absolute Gasteiger partial charge is 0.261 e. The molecule has 0 saturated carbocycles. The fourth-order valence-corrected chi connectivity index (χ4v) is 3.00. The summed E-state index contributed by atoms with van der Waals surface area (Å²) in [5, 5.41) is 0. The van der Waals surface area contributed by atoms with Crippen molar-refractivity contribution in [2.75, 3.05) is 46.1 Å². The number of alkyl halides is 2. The van der Waals surface area contributed by atoms with Crippen LogP contribution < -0.4 is 0 Å². The van der Waals surface area contributed by atoms with Gasteiger partial charge in [0.05, 0.1) is 6.61 Å². The average Bonchev–Trinajstić information content (AvgIpc) is 2.84. The lowest BCUT2D eigenvalue weighted by molar-refractivity contribution is 0.0104. The van der Waals surface area contributed by atoms with Crippen molar-refractivity contribution in [2.45, 2.75) is 25.7 Å². The first-order valence-corrected chi connectivity index (χ1v) is 6.91. The lowest BCUT2D eigenvalue weighted by Crippen LogP contribution is -2.29. The minimum absolute atomic E-state index is 0.421.